The highest BCUT2D eigenvalue weighted by Gasteiger charge is 2.43. The second-order valence-electron chi connectivity index (χ2n) is 23.3. The van der Waals surface area contributed by atoms with Gasteiger partial charge in [0.2, 0.25) is 0 Å². The number of nitrogens with zero attached hydrogens (tertiary/aromatic N) is 14. The zero-order valence-corrected chi connectivity index (χ0v) is 46.6. The van der Waals surface area contributed by atoms with Gasteiger partial charge in [0, 0.05) is 99.6 Å². The van der Waals surface area contributed by atoms with E-state index in [2.05, 4.69) is 39.7 Å². The van der Waals surface area contributed by atoms with Gasteiger partial charge in [-0.2, -0.15) is 36.3 Å². The zero-order chi connectivity index (χ0) is 57.7. The quantitative estimate of drug-likeness (QED) is 0.0447. The van der Waals surface area contributed by atoms with Crippen molar-refractivity contribution in [1.82, 2.24) is 39.0 Å². The molecule has 80 heavy (non-hydrogen) atoms. The van der Waals surface area contributed by atoms with Crippen molar-refractivity contribution in [2.75, 3.05) is 111 Å². The van der Waals surface area contributed by atoms with Crippen molar-refractivity contribution in [2.45, 2.75) is 129 Å². The van der Waals surface area contributed by atoms with E-state index < -0.39 is 46.5 Å². The number of alkyl halides is 6. The van der Waals surface area contributed by atoms with Gasteiger partial charge < -0.3 is 19.6 Å². The number of aryl methyl sites for hydroxylation is 2. The first-order chi connectivity index (χ1) is 37.7. The molecule has 0 spiro atoms. The molecule has 4 aromatic heterocycles. The molecule has 0 amide bonds. The Morgan fingerprint density at radius 1 is 0.500 bits per heavy atom. The van der Waals surface area contributed by atoms with Crippen molar-refractivity contribution in [3.63, 3.8) is 0 Å². The summed E-state index contributed by atoms with van der Waals surface area (Å²) >= 11 is 0. The number of hydrogen-bond donors (Lipinski definition) is 0. The highest BCUT2D eigenvalue weighted by molar-refractivity contribution is 5.91. The summed E-state index contributed by atoms with van der Waals surface area (Å²) in [6.45, 7) is 16.1. The minimum Gasteiger partial charge on any atom is -0.356 e. The van der Waals surface area contributed by atoms with Gasteiger partial charge in [0.25, 0.3) is 0 Å². The van der Waals surface area contributed by atoms with E-state index in [1.165, 1.54) is 9.13 Å². The first-order valence-electron chi connectivity index (χ1n) is 27.6. The van der Waals surface area contributed by atoms with Gasteiger partial charge >= 0.3 is 35.7 Å². The fourth-order valence-electron chi connectivity index (χ4n) is 10.4. The number of aromatic nitrogens is 8. The van der Waals surface area contributed by atoms with Gasteiger partial charge in [0.05, 0.1) is 26.2 Å². The molecular formula is C54H74F6N14O6+2. The minimum atomic E-state index is -4.73. The van der Waals surface area contributed by atoms with Gasteiger partial charge in [-0.25, -0.2) is 39.1 Å². The number of anilines is 4. The molecule has 0 saturated carbocycles. The summed E-state index contributed by atoms with van der Waals surface area (Å²) in [5.74, 6) is -0.275. The van der Waals surface area contributed by atoms with Gasteiger partial charge in [0.15, 0.2) is 0 Å². The van der Waals surface area contributed by atoms with Crippen LogP contribution < -0.4 is 31.0 Å². The van der Waals surface area contributed by atoms with Crippen LogP contribution in [0.15, 0.2) is 58.4 Å². The van der Waals surface area contributed by atoms with Gasteiger partial charge in [-0.1, -0.05) is 41.5 Å². The first kappa shape index (κ1) is 59.4. The van der Waals surface area contributed by atoms with E-state index in [0.29, 0.717) is 50.4 Å². The third-order valence-electron chi connectivity index (χ3n) is 15.0. The van der Waals surface area contributed by atoms with E-state index >= 15 is 0 Å². The van der Waals surface area contributed by atoms with E-state index in [-0.39, 0.29) is 109 Å². The second-order valence-corrected chi connectivity index (χ2v) is 23.3. The SMILES string of the molecule is CC(C)(C)c1nc(N2CC[N+](CCCCn3ccc(N4CCCC4)nc3=O)(OC(=O)/C=C/C(=O)O[N+]3(CCCCn4ccc(N5CCCC5)nc4=O)CCN(c4cc(C(F)(F)F)nc(C(C)(C)C)n4)CC3)CC2)cc(C(F)(F)F)n1. The molecule has 20 nitrogen and oxygen atoms in total. The molecule has 0 aliphatic carbocycles. The van der Waals surface area contributed by atoms with Crippen LogP contribution in [0.5, 0.6) is 0 Å². The maximum absolute atomic E-state index is 14.1. The lowest BCUT2D eigenvalue weighted by molar-refractivity contribution is -1.09. The predicted octanol–water partition coefficient (Wildman–Crippen LogP) is 6.62. The standard InChI is InChI=1S/C54H74F6N14O6/c1-51(2,3)47-61-39(53(55,56)57)37-43(63-47)69-27-33-73(34-28-69,31-13-11-23-71-25-17-41(65-49(71)77)67-19-7-8-20-67)79-45(75)15-16-46(76)80-74(32-14-12-24-72-26-18-42(66-50(72)78)68-21-9-10-22-68)35-29-70(30-36-74)44-38-40(54(58,59)60)62-48(64-44)52(4,5)6/h15-18,25-26,37-38H,7-14,19-24,27-36H2,1-6H3/q+2/b16-15+. The molecule has 0 unspecified atom stereocenters. The highest BCUT2D eigenvalue weighted by Crippen LogP contribution is 2.35. The van der Waals surface area contributed by atoms with Gasteiger partial charge in [0.1, 0.15) is 85.6 Å². The molecule has 4 aromatic rings. The molecule has 4 aliphatic heterocycles. The van der Waals surface area contributed by atoms with Crippen LogP contribution in [-0.4, -0.2) is 152 Å². The van der Waals surface area contributed by atoms with Crippen LogP contribution >= 0.6 is 0 Å². The second kappa shape index (κ2) is 24.2. The number of unbranched alkanes of at least 4 members (excludes halogenated alkanes) is 2. The van der Waals surface area contributed by atoms with Crippen LogP contribution in [0.2, 0.25) is 0 Å². The summed E-state index contributed by atoms with van der Waals surface area (Å²) in [4.78, 5) is 98.9. The highest BCUT2D eigenvalue weighted by atomic mass is 19.4. The summed E-state index contributed by atoms with van der Waals surface area (Å²) in [5.41, 5.74) is -4.50. The topological polar surface area (TPSA) is 187 Å². The number of hydrogen-bond acceptors (Lipinski definition) is 16. The average Bonchev–Trinajstić information content (AvgIpc) is 4.17. The number of carbonyl (C=O) groups excluding carboxylic acids is 2. The Kier molecular flexibility index (Phi) is 18.0. The third-order valence-corrected chi connectivity index (χ3v) is 15.0. The molecule has 26 heteroatoms. The molecule has 4 aliphatic rings. The zero-order valence-electron chi connectivity index (χ0n) is 46.6. The van der Waals surface area contributed by atoms with Crippen LogP contribution in [0, 0.1) is 0 Å². The smallest absolute Gasteiger partial charge is 0.356 e. The summed E-state index contributed by atoms with van der Waals surface area (Å²) in [6, 6.07) is 5.47. The van der Waals surface area contributed by atoms with Gasteiger partial charge in [-0.05, 0) is 50.7 Å². The molecule has 4 saturated heterocycles. The lowest BCUT2D eigenvalue weighted by Crippen LogP contribution is -2.61. The Labute approximate surface area is 461 Å². The largest absolute Gasteiger partial charge is 0.433 e. The van der Waals surface area contributed by atoms with Gasteiger partial charge in [-0.15, -0.1) is 9.29 Å². The maximum atomic E-state index is 14.1. The third kappa shape index (κ3) is 15.2. The maximum Gasteiger partial charge on any atom is 0.433 e. The molecule has 0 atom stereocenters. The van der Waals surface area contributed by atoms with Crippen molar-refractivity contribution >= 4 is 35.2 Å². The van der Waals surface area contributed by atoms with Crippen LogP contribution in [-0.2, 0) is 55.5 Å². The lowest BCUT2D eigenvalue weighted by Gasteiger charge is -2.42. The van der Waals surface area contributed by atoms with Crippen molar-refractivity contribution in [2.24, 2.45) is 0 Å². The Hall–Kier alpha value is -6.70. The fraction of sp³-hybridized carbons (Fsp3) is 0.630. The number of rotatable bonds is 18. The molecule has 0 radical (unpaired) electrons. The van der Waals surface area contributed by atoms with E-state index in [9.17, 15) is 45.5 Å². The summed E-state index contributed by atoms with van der Waals surface area (Å²) in [7, 11) is 0. The van der Waals surface area contributed by atoms with E-state index in [4.69, 9.17) is 9.68 Å². The van der Waals surface area contributed by atoms with Crippen molar-refractivity contribution in [3.8, 4) is 0 Å². The normalized spacial score (nSPS) is 18.1. The molecule has 436 valence electrons. The van der Waals surface area contributed by atoms with Gasteiger partial charge in [-0.3, -0.25) is 18.8 Å². The Bertz CT molecular complexity index is 2700. The number of halogens is 6. The fourth-order valence-corrected chi connectivity index (χ4v) is 10.4. The summed E-state index contributed by atoms with van der Waals surface area (Å²) in [5, 5.41) is 0. The number of quaternary nitrogens is 2. The Morgan fingerprint density at radius 2 is 0.838 bits per heavy atom. The van der Waals surface area contributed by atoms with Crippen molar-refractivity contribution in [1.29, 1.82) is 0 Å². The lowest BCUT2D eigenvalue weighted by atomic mass is 9.95. The monoisotopic (exact) mass is 1130 g/mol. The first-order valence-corrected chi connectivity index (χ1v) is 27.6. The number of piperazine rings is 2. The van der Waals surface area contributed by atoms with Crippen LogP contribution in [0.25, 0.3) is 0 Å². The molecule has 8 heterocycles. The predicted molar refractivity (Wildman–Crippen MR) is 285 cm³/mol. The van der Waals surface area contributed by atoms with Crippen molar-refractivity contribution < 1.29 is 54.9 Å². The minimum absolute atomic E-state index is 0.0223. The number of carbonyl (C=O) groups is 2. The van der Waals surface area contributed by atoms with Crippen LogP contribution in [0.3, 0.4) is 0 Å². The van der Waals surface area contributed by atoms with E-state index in [1.807, 2.05) is 12.1 Å². The molecule has 0 aromatic carbocycles. The van der Waals surface area contributed by atoms with Crippen LogP contribution in [0.4, 0.5) is 49.6 Å². The molecule has 4 fully saturated rings. The van der Waals surface area contributed by atoms with E-state index in [0.717, 1.165) is 76.1 Å². The molecule has 8 rings (SSSR count). The van der Waals surface area contributed by atoms with Crippen LogP contribution in [0.1, 0.15) is 116 Å². The summed E-state index contributed by atoms with van der Waals surface area (Å²) in [6.07, 6.45) is 1.96. The number of hydroxylamine groups is 6. The van der Waals surface area contributed by atoms with E-state index in [1.54, 1.807) is 63.7 Å². The summed E-state index contributed by atoms with van der Waals surface area (Å²) < 4.78 is 87.3. The molecular weight excluding hydrogens is 1050 g/mol. The molecule has 0 N–H and O–H groups in total. The van der Waals surface area contributed by atoms with Crippen molar-refractivity contribution in [3.05, 3.63) is 92.8 Å². The Morgan fingerprint density at radius 3 is 1.15 bits per heavy atom. The molecule has 0 bridgehead atoms. The Balaban J connectivity index is 0.968. The average molecular weight is 1130 g/mol.